The van der Waals surface area contributed by atoms with Gasteiger partial charge in [0.2, 0.25) is 5.89 Å². The van der Waals surface area contributed by atoms with Gasteiger partial charge in [0.25, 0.3) is 0 Å². The lowest BCUT2D eigenvalue weighted by molar-refractivity contribution is 0.314. The van der Waals surface area contributed by atoms with Crippen molar-refractivity contribution < 1.29 is 4.52 Å². The Morgan fingerprint density at radius 1 is 1.38 bits per heavy atom. The molecular formula is C12H21N3O. The van der Waals surface area contributed by atoms with Gasteiger partial charge in [-0.25, -0.2) is 0 Å². The molecule has 0 amide bonds. The fraction of sp³-hybridized carbons (Fsp3) is 0.833. The van der Waals surface area contributed by atoms with Gasteiger partial charge in [0, 0.05) is 6.42 Å². The van der Waals surface area contributed by atoms with Crippen LogP contribution in [0.3, 0.4) is 0 Å². The summed E-state index contributed by atoms with van der Waals surface area (Å²) in [6, 6.07) is 0. The Hall–Kier alpha value is -0.900. The van der Waals surface area contributed by atoms with Crippen LogP contribution in [-0.4, -0.2) is 10.1 Å². The number of aromatic nitrogens is 2. The van der Waals surface area contributed by atoms with E-state index in [9.17, 15) is 0 Å². The lowest BCUT2D eigenvalue weighted by Gasteiger charge is -2.22. The maximum Gasteiger partial charge on any atom is 0.226 e. The van der Waals surface area contributed by atoms with Gasteiger partial charge < -0.3 is 10.3 Å². The van der Waals surface area contributed by atoms with Crippen LogP contribution in [0.1, 0.15) is 58.2 Å². The molecule has 2 N–H and O–H groups in total. The Balaban J connectivity index is 2.17. The van der Waals surface area contributed by atoms with Gasteiger partial charge in [0.05, 0.1) is 5.54 Å². The van der Waals surface area contributed by atoms with Gasteiger partial charge >= 0.3 is 0 Å². The average molecular weight is 223 g/mol. The molecular weight excluding hydrogens is 202 g/mol. The molecule has 16 heavy (non-hydrogen) atoms. The average Bonchev–Trinajstić information content (AvgIpc) is 2.73. The zero-order chi connectivity index (χ0) is 11.8. The zero-order valence-electron chi connectivity index (χ0n) is 10.4. The molecule has 0 aromatic carbocycles. The van der Waals surface area contributed by atoms with Gasteiger partial charge in [-0.05, 0) is 31.1 Å². The zero-order valence-corrected chi connectivity index (χ0v) is 10.4. The molecule has 0 radical (unpaired) electrons. The molecule has 4 heteroatoms. The predicted octanol–water partition coefficient (Wildman–Crippen LogP) is 2.39. The van der Waals surface area contributed by atoms with Gasteiger partial charge in [0.1, 0.15) is 0 Å². The lowest BCUT2D eigenvalue weighted by Crippen LogP contribution is -2.35. The largest absolute Gasteiger partial charge is 0.339 e. The fourth-order valence-electron chi connectivity index (χ4n) is 2.56. The van der Waals surface area contributed by atoms with Crippen LogP contribution < -0.4 is 5.73 Å². The van der Waals surface area contributed by atoms with Crippen molar-refractivity contribution in [2.24, 2.45) is 11.1 Å². The van der Waals surface area contributed by atoms with Crippen molar-refractivity contribution in [2.75, 3.05) is 0 Å². The van der Waals surface area contributed by atoms with Crippen LogP contribution in [0.15, 0.2) is 4.52 Å². The summed E-state index contributed by atoms with van der Waals surface area (Å²) in [5.74, 6) is 1.41. The fourth-order valence-corrected chi connectivity index (χ4v) is 2.56. The highest BCUT2D eigenvalue weighted by Gasteiger charge is 2.44. The molecule has 1 aromatic heterocycles. The molecule has 0 bridgehead atoms. The summed E-state index contributed by atoms with van der Waals surface area (Å²) in [6.45, 7) is 6.59. The highest BCUT2D eigenvalue weighted by molar-refractivity contribution is 5.09. The van der Waals surface area contributed by atoms with E-state index < -0.39 is 0 Å². The molecule has 1 unspecified atom stereocenters. The number of rotatable bonds is 3. The van der Waals surface area contributed by atoms with Crippen molar-refractivity contribution in [3.8, 4) is 0 Å². The van der Waals surface area contributed by atoms with Crippen LogP contribution >= 0.6 is 0 Å². The Morgan fingerprint density at radius 2 is 2.12 bits per heavy atom. The van der Waals surface area contributed by atoms with E-state index in [1.807, 2.05) is 0 Å². The number of nitrogens with zero attached hydrogens (tertiary/aromatic N) is 2. The SMILES string of the molecule is CCCc1nc(C2(N)CCC(C)(C)C2)no1. The second-order valence-corrected chi connectivity index (χ2v) is 5.76. The highest BCUT2D eigenvalue weighted by atomic mass is 16.5. The Kier molecular flexibility index (Phi) is 2.78. The van der Waals surface area contributed by atoms with Gasteiger partial charge in [0.15, 0.2) is 5.82 Å². The first kappa shape index (κ1) is 11.6. The highest BCUT2D eigenvalue weighted by Crippen LogP contribution is 2.46. The first-order valence-corrected chi connectivity index (χ1v) is 6.07. The van der Waals surface area contributed by atoms with E-state index in [-0.39, 0.29) is 5.54 Å². The van der Waals surface area contributed by atoms with Gasteiger partial charge in [-0.1, -0.05) is 25.9 Å². The quantitative estimate of drug-likeness (QED) is 0.854. The van der Waals surface area contributed by atoms with E-state index in [1.165, 1.54) is 0 Å². The molecule has 4 nitrogen and oxygen atoms in total. The molecule has 1 saturated carbocycles. The molecule has 0 aliphatic heterocycles. The number of aryl methyl sites for hydroxylation is 1. The van der Waals surface area contributed by atoms with E-state index >= 15 is 0 Å². The molecule has 0 spiro atoms. The Morgan fingerprint density at radius 3 is 2.69 bits per heavy atom. The van der Waals surface area contributed by atoms with Gasteiger partial charge in [-0.3, -0.25) is 0 Å². The minimum atomic E-state index is -0.376. The summed E-state index contributed by atoms with van der Waals surface area (Å²) in [4.78, 5) is 4.42. The van der Waals surface area contributed by atoms with Gasteiger partial charge in [-0.2, -0.15) is 4.98 Å². The van der Waals surface area contributed by atoms with E-state index in [4.69, 9.17) is 10.3 Å². The van der Waals surface area contributed by atoms with Crippen molar-refractivity contribution in [1.29, 1.82) is 0 Å². The minimum Gasteiger partial charge on any atom is -0.339 e. The summed E-state index contributed by atoms with van der Waals surface area (Å²) in [5.41, 5.74) is 6.30. The van der Waals surface area contributed by atoms with E-state index in [0.717, 1.165) is 32.1 Å². The maximum absolute atomic E-state index is 6.38. The van der Waals surface area contributed by atoms with Crippen LogP contribution in [0.4, 0.5) is 0 Å². The molecule has 1 aliphatic rings. The predicted molar refractivity (Wildman–Crippen MR) is 61.8 cm³/mol. The molecule has 1 heterocycles. The Bertz CT molecular complexity index is 372. The standard InChI is InChI=1S/C12H21N3O/c1-4-5-9-14-10(15-16-9)12(13)7-6-11(2,3)8-12/h4-8,13H2,1-3H3. The number of hydrogen-bond acceptors (Lipinski definition) is 4. The summed E-state index contributed by atoms with van der Waals surface area (Å²) < 4.78 is 5.21. The normalized spacial score (nSPS) is 28.5. The van der Waals surface area contributed by atoms with Crippen molar-refractivity contribution in [3.05, 3.63) is 11.7 Å². The second kappa shape index (κ2) is 3.84. The lowest BCUT2D eigenvalue weighted by atomic mass is 9.88. The monoisotopic (exact) mass is 223 g/mol. The molecule has 1 aromatic rings. The summed E-state index contributed by atoms with van der Waals surface area (Å²) in [5, 5.41) is 4.04. The number of hydrogen-bond donors (Lipinski definition) is 1. The minimum absolute atomic E-state index is 0.292. The third kappa shape index (κ3) is 2.12. The summed E-state index contributed by atoms with van der Waals surface area (Å²) in [7, 11) is 0. The third-order valence-corrected chi connectivity index (χ3v) is 3.42. The summed E-state index contributed by atoms with van der Waals surface area (Å²) in [6.07, 6.45) is 4.87. The van der Waals surface area contributed by atoms with Crippen molar-refractivity contribution in [2.45, 2.75) is 58.4 Å². The molecule has 1 aliphatic carbocycles. The van der Waals surface area contributed by atoms with E-state index in [1.54, 1.807) is 0 Å². The van der Waals surface area contributed by atoms with Gasteiger partial charge in [-0.15, -0.1) is 0 Å². The first-order chi connectivity index (χ1) is 7.45. The maximum atomic E-state index is 6.38. The molecule has 1 fully saturated rings. The van der Waals surface area contributed by atoms with Crippen LogP contribution in [-0.2, 0) is 12.0 Å². The molecule has 2 rings (SSSR count). The number of nitrogens with two attached hydrogens (primary N) is 1. The van der Waals surface area contributed by atoms with Crippen LogP contribution in [0, 0.1) is 5.41 Å². The summed E-state index contributed by atoms with van der Waals surface area (Å²) >= 11 is 0. The van der Waals surface area contributed by atoms with Crippen molar-refractivity contribution in [3.63, 3.8) is 0 Å². The first-order valence-electron chi connectivity index (χ1n) is 6.07. The molecule has 1 atom stereocenters. The van der Waals surface area contributed by atoms with Crippen molar-refractivity contribution in [1.82, 2.24) is 10.1 Å². The van der Waals surface area contributed by atoms with Crippen LogP contribution in [0.25, 0.3) is 0 Å². The van der Waals surface area contributed by atoms with E-state index in [0.29, 0.717) is 17.1 Å². The van der Waals surface area contributed by atoms with Crippen molar-refractivity contribution >= 4 is 0 Å². The topological polar surface area (TPSA) is 64.9 Å². The Labute approximate surface area is 96.6 Å². The van der Waals surface area contributed by atoms with Crippen LogP contribution in [0.5, 0.6) is 0 Å². The third-order valence-electron chi connectivity index (χ3n) is 3.42. The smallest absolute Gasteiger partial charge is 0.226 e. The van der Waals surface area contributed by atoms with E-state index in [2.05, 4.69) is 30.9 Å². The molecule has 90 valence electrons. The van der Waals surface area contributed by atoms with Crippen LogP contribution in [0.2, 0.25) is 0 Å². The second-order valence-electron chi connectivity index (χ2n) is 5.76. The molecule has 0 saturated heterocycles.